The van der Waals surface area contributed by atoms with Gasteiger partial charge in [0.15, 0.2) is 0 Å². The normalized spacial score (nSPS) is 21.9. The number of rotatable bonds is 5. The molecule has 0 unspecified atom stereocenters. The lowest BCUT2D eigenvalue weighted by Crippen LogP contribution is -2.44. The summed E-state index contributed by atoms with van der Waals surface area (Å²) >= 11 is 0. The van der Waals surface area contributed by atoms with Gasteiger partial charge in [-0.05, 0) is 30.9 Å². The number of urea groups is 1. The Balaban J connectivity index is 1.99. The zero-order valence-electron chi connectivity index (χ0n) is 13.4. The van der Waals surface area contributed by atoms with Crippen molar-refractivity contribution in [2.45, 2.75) is 39.3 Å². The van der Waals surface area contributed by atoms with Crippen molar-refractivity contribution in [3.05, 3.63) is 41.7 Å². The first-order valence-corrected chi connectivity index (χ1v) is 7.79. The Labute approximate surface area is 131 Å². The Bertz CT molecular complexity index is 542. The van der Waals surface area contributed by atoms with Crippen LogP contribution >= 0.6 is 0 Å². The summed E-state index contributed by atoms with van der Waals surface area (Å²) in [6.45, 7) is 6.26. The van der Waals surface area contributed by atoms with Gasteiger partial charge in [-0.1, -0.05) is 32.1 Å². The molecule has 2 rings (SSSR count). The highest BCUT2D eigenvalue weighted by Crippen LogP contribution is 2.23. The van der Waals surface area contributed by atoms with E-state index in [1.165, 1.54) is 0 Å². The second-order valence-corrected chi connectivity index (χ2v) is 6.21. The minimum atomic E-state index is -0.197. The van der Waals surface area contributed by atoms with Gasteiger partial charge in [0.2, 0.25) is 0 Å². The molecule has 1 aromatic rings. The highest BCUT2D eigenvalue weighted by molar-refractivity contribution is 5.75. The summed E-state index contributed by atoms with van der Waals surface area (Å²) in [5.41, 5.74) is 1.98. The standard InChI is InChI=1S/C17H25N3O2/c1-11(2)15(16-12(3)5-4-8-18-16)20-17(22)19-14-7-6-13(9-14)10-21/h4-8,11,13-15,21H,9-10H2,1-3H3,(H2,19,20,22)/t13-,14+,15+/m0/s1. The van der Waals surface area contributed by atoms with Crippen LogP contribution in [0, 0.1) is 18.8 Å². The first kappa shape index (κ1) is 16.5. The number of nitrogens with one attached hydrogen (secondary N) is 2. The average Bonchev–Trinajstić information content (AvgIpc) is 2.93. The number of aliphatic hydroxyl groups is 1. The summed E-state index contributed by atoms with van der Waals surface area (Å²) in [4.78, 5) is 16.7. The predicted molar refractivity (Wildman–Crippen MR) is 86.3 cm³/mol. The van der Waals surface area contributed by atoms with Gasteiger partial charge in [-0.2, -0.15) is 0 Å². The summed E-state index contributed by atoms with van der Waals surface area (Å²) in [6.07, 6.45) is 6.40. The lowest BCUT2D eigenvalue weighted by molar-refractivity contribution is 0.225. The number of hydrogen-bond donors (Lipinski definition) is 3. The molecule has 5 nitrogen and oxygen atoms in total. The molecule has 0 bridgehead atoms. The van der Waals surface area contributed by atoms with E-state index in [2.05, 4.69) is 29.5 Å². The molecular weight excluding hydrogens is 278 g/mol. The Morgan fingerprint density at radius 2 is 2.23 bits per heavy atom. The van der Waals surface area contributed by atoms with Crippen LogP contribution < -0.4 is 10.6 Å². The molecule has 1 aliphatic rings. The molecule has 22 heavy (non-hydrogen) atoms. The van der Waals surface area contributed by atoms with Crippen LogP contribution in [-0.2, 0) is 0 Å². The fourth-order valence-electron chi connectivity index (χ4n) is 2.74. The van der Waals surface area contributed by atoms with Crippen molar-refractivity contribution < 1.29 is 9.90 Å². The monoisotopic (exact) mass is 303 g/mol. The van der Waals surface area contributed by atoms with Crippen molar-refractivity contribution in [2.24, 2.45) is 11.8 Å². The van der Waals surface area contributed by atoms with E-state index in [-0.39, 0.29) is 36.6 Å². The van der Waals surface area contributed by atoms with Gasteiger partial charge in [-0.25, -0.2) is 4.79 Å². The summed E-state index contributed by atoms with van der Waals surface area (Å²) in [5.74, 6) is 0.382. The second-order valence-electron chi connectivity index (χ2n) is 6.21. The van der Waals surface area contributed by atoms with Crippen molar-refractivity contribution in [3.63, 3.8) is 0 Å². The van der Waals surface area contributed by atoms with Gasteiger partial charge in [0.25, 0.3) is 0 Å². The van der Waals surface area contributed by atoms with Crippen LogP contribution in [0.15, 0.2) is 30.5 Å². The summed E-state index contributed by atoms with van der Waals surface area (Å²) in [6, 6.07) is 3.56. The number of amides is 2. The summed E-state index contributed by atoms with van der Waals surface area (Å²) < 4.78 is 0. The van der Waals surface area contributed by atoms with Crippen molar-refractivity contribution in [2.75, 3.05) is 6.61 Å². The van der Waals surface area contributed by atoms with Gasteiger partial charge < -0.3 is 15.7 Å². The van der Waals surface area contributed by atoms with Crippen LogP contribution in [0.2, 0.25) is 0 Å². The van der Waals surface area contributed by atoms with Gasteiger partial charge in [0, 0.05) is 24.8 Å². The third kappa shape index (κ3) is 4.07. The molecule has 0 spiro atoms. The van der Waals surface area contributed by atoms with Crippen LogP contribution in [0.3, 0.4) is 0 Å². The van der Waals surface area contributed by atoms with E-state index in [0.29, 0.717) is 0 Å². The maximum Gasteiger partial charge on any atom is 0.315 e. The van der Waals surface area contributed by atoms with E-state index in [1.807, 2.05) is 31.2 Å². The number of nitrogens with zero attached hydrogens (tertiary/aromatic N) is 1. The number of aryl methyl sites for hydroxylation is 1. The Hall–Kier alpha value is -1.88. The third-order valence-electron chi connectivity index (χ3n) is 4.02. The molecule has 3 atom stereocenters. The van der Waals surface area contributed by atoms with Gasteiger partial charge in [0.1, 0.15) is 0 Å². The first-order chi connectivity index (χ1) is 10.5. The van der Waals surface area contributed by atoms with Crippen molar-refractivity contribution >= 4 is 6.03 Å². The van der Waals surface area contributed by atoms with Gasteiger partial charge in [-0.3, -0.25) is 4.98 Å². The molecule has 0 fully saturated rings. The Morgan fingerprint density at radius 3 is 2.82 bits per heavy atom. The third-order valence-corrected chi connectivity index (χ3v) is 4.02. The van der Waals surface area contributed by atoms with Gasteiger partial charge >= 0.3 is 6.03 Å². The van der Waals surface area contributed by atoms with Crippen LogP contribution in [-0.4, -0.2) is 28.8 Å². The number of aliphatic hydroxyl groups excluding tert-OH is 1. The largest absolute Gasteiger partial charge is 0.396 e. The smallest absolute Gasteiger partial charge is 0.315 e. The molecule has 120 valence electrons. The molecule has 0 radical (unpaired) electrons. The number of aromatic nitrogens is 1. The van der Waals surface area contributed by atoms with Crippen LogP contribution in [0.25, 0.3) is 0 Å². The summed E-state index contributed by atoms with van der Waals surface area (Å²) in [7, 11) is 0. The van der Waals surface area contributed by atoms with E-state index in [9.17, 15) is 4.79 Å². The number of carbonyl (C=O) groups is 1. The highest BCUT2D eigenvalue weighted by Gasteiger charge is 2.24. The van der Waals surface area contributed by atoms with E-state index in [0.717, 1.165) is 17.7 Å². The minimum Gasteiger partial charge on any atom is -0.396 e. The van der Waals surface area contributed by atoms with Crippen molar-refractivity contribution in [1.29, 1.82) is 0 Å². The lowest BCUT2D eigenvalue weighted by atomic mass is 9.97. The molecular formula is C17H25N3O2. The molecule has 1 aliphatic carbocycles. The van der Waals surface area contributed by atoms with Crippen molar-refractivity contribution in [3.8, 4) is 0 Å². The van der Waals surface area contributed by atoms with Crippen molar-refractivity contribution in [1.82, 2.24) is 15.6 Å². The van der Waals surface area contributed by atoms with Crippen LogP contribution in [0.1, 0.15) is 37.6 Å². The number of hydrogen-bond acceptors (Lipinski definition) is 3. The SMILES string of the molecule is Cc1cccnc1[C@H](NC(=O)N[C@@H]1C=C[C@H](CO)C1)C(C)C. The Kier molecular flexibility index (Phi) is 5.55. The summed E-state index contributed by atoms with van der Waals surface area (Å²) in [5, 5.41) is 15.1. The topological polar surface area (TPSA) is 74.2 Å². The number of pyridine rings is 1. The molecule has 0 aromatic carbocycles. The maximum atomic E-state index is 12.2. The van der Waals surface area contributed by atoms with E-state index in [1.54, 1.807) is 6.20 Å². The lowest BCUT2D eigenvalue weighted by Gasteiger charge is -2.24. The first-order valence-electron chi connectivity index (χ1n) is 7.79. The molecule has 0 aliphatic heterocycles. The van der Waals surface area contributed by atoms with Crippen LogP contribution in [0.5, 0.6) is 0 Å². The zero-order valence-corrected chi connectivity index (χ0v) is 13.4. The number of carbonyl (C=O) groups excluding carboxylic acids is 1. The highest BCUT2D eigenvalue weighted by atomic mass is 16.3. The predicted octanol–water partition coefficient (Wildman–Crippen LogP) is 2.32. The van der Waals surface area contributed by atoms with Gasteiger partial charge in [-0.15, -0.1) is 0 Å². The maximum absolute atomic E-state index is 12.2. The van der Waals surface area contributed by atoms with E-state index < -0.39 is 0 Å². The molecule has 1 aromatic heterocycles. The molecule has 0 saturated heterocycles. The van der Waals surface area contributed by atoms with Gasteiger partial charge in [0.05, 0.1) is 11.7 Å². The second kappa shape index (κ2) is 7.40. The Morgan fingerprint density at radius 1 is 1.45 bits per heavy atom. The molecule has 1 heterocycles. The average molecular weight is 303 g/mol. The zero-order chi connectivity index (χ0) is 16.1. The van der Waals surface area contributed by atoms with E-state index >= 15 is 0 Å². The fraction of sp³-hybridized carbons (Fsp3) is 0.529. The quantitative estimate of drug-likeness (QED) is 0.731. The fourth-order valence-corrected chi connectivity index (χ4v) is 2.74. The van der Waals surface area contributed by atoms with E-state index in [4.69, 9.17) is 5.11 Å². The molecule has 5 heteroatoms. The minimum absolute atomic E-state index is 0.0187. The molecule has 0 saturated carbocycles. The molecule has 3 N–H and O–H groups in total. The van der Waals surface area contributed by atoms with Crippen LogP contribution in [0.4, 0.5) is 4.79 Å². The molecule has 2 amide bonds.